The maximum absolute atomic E-state index is 5.87. The highest BCUT2D eigenvalue weighted by molar-refractivity contribution is 7.80. The van der Waals surface area contributed by atoms with Crippen LogP contribution in [0.5, 0.6) is 0 Å². The van der Waals surface area contributed by atoms with E-state index in [4.69, 9.17) is 17.3 Å². The highest BCUT2D eigenvalue weighted by atomic mass is 35.5. The summed E-state index contributed by atoms with van der Waals surface area (Å²) in [6.07, 6.45) is 1.52. The van der Waals surface area contributed by atoms with Crippen LogP contribution in [0.25, 0.3) is 5.69 Å². The van der Waals surface area contributed by atoms with Crippen LogP contribution in [-0.2, 0) is 0 Å². The van der Waals surface area contributed by atoms with Gasteiger partial charge in [-0.2, -0.15) is 0 Å². The fraction of sp³-hybridized carbons (Fsp3) is 0. The molecule has 6 heteroatoms. The van der Waals surface area contributed by atoms with Crippen molar-refractivity contribution in [2.45, 2.75) is 4.90 Å². The Hall–Kier alpha value is -1.20. The average molecular weight is 227 g/mol. The molecular weight excluding hydrogens is 220 g/mol. The number of anilines is 1. The summed E-state index contributed by atoms with van der Waals surface area (Å²) in [6, 6.07) is 5.33. The average Bonchev–Trinajstić information content (AvgIpc) is 2.50. The Bertz CT molecular complexity index is 448. The Morgan fingerprint density at radius 3 is 2.71 bits per heavy atom. The first-order valence-corrected chi connectivity index (χ1v) is 4.65. The van der Waals surface area contributed by atoms with Gasteiger partial charge in [-0.3, -0.25) is 0 Å². The SMILES string of the molecule is Nc1ncn(-c2cc(S)cc(Cl)c2)n1. The van der Waals surface area contributed by atoms with Gasteiger partial charge in [-0.15, -0.1) is 17.7 Å². The monoisotopic (exact) mass is 226 g/mol. The van der Waals surface area contributed by atoms with Crippen LogP contribution in [0.2, 0.25) is 5.02 Å². The minimum Gasteiger partial charge on any atom is -0.366 e. The third kappa shape index (κ3) is 1.83. The van der Waals surface area contributed by atoms with Gasteiger partial charge in [0.1, 0.15) is 6.33 Å². The number of halogens is 1. The minimum absolute atomic E-state index is 0.227. The topological polar surface area (TPSA) is 56.7 Å². The van der Waals surface area contributed by atoms with Crippen LogP contribution in [0, 0.1) is 0 Å². The van der Waals surface area contributed by atoms with E-state index in [0.717, 1.165) is 10.6 Å². The third-order valence-corrected chi connectivity index (χ3v) is 2.12. The molecule has 2 rings (SSSR count). The van der Waals surface area contributed by atoms with E-state index in [2.05, 4.69) is 22.7 Å². The number of benzene rings is 1. The van der Waals surface area contributed by atoms with Gasteiger partial charge in [0, 0.05) is 9.92 Å². The molecule has 1 aromatic carbocycles. The number of nitrogen functional groups attached to an aromatic ring is 1. The summed E-state index contributed by atoms with van der Waals surface area (Å²) in [6.45, 7) is 0. The number of thiol groups is 1. The second kappa shape index (κ2) is 3.51. The summed E-state index contributed by atoms with van der Waals surface area (Å²) in [5.74, 6) is 0.227. The lowest BCUT2D eigenvalue weighted by molar-refractivity contribution is 0.880. The summed E-state index contributed by atoms with van der Waals surface area (Å²) in [4.78, 5) is 4.58. The predicted molar refractivity (Wildman–Crippen MR) is 58.0 cm³/mol. The molecule has 1 aromatic heterocycles. The standard InChI is InChI=1S/C8H7ClN4S/c9-5-1-6(3-7(14)2-5)13-4-11-8(10)12-13/h1-4,14H,(H2,10,12). The lowest BCUT2D eigenvalue weighted by atomic mass is 10.3. The molecule has 0 aliphatic carbocycles. The maximum atomic E-state index is 5.87. The van der Waals surface area contributed by atoms with Gasteiger partial charge in [0.25, 0.3) is 0 Å². The molecule has 0 aliphatic heterocycles. The van der Waals surface area contributed by atoms with Crippen molar-refractivity contribution in [2.24, 2.45) is 0 Å². The van der Waals surface area contributed by atoms with E-state index in [9.17, 15) is 0 Å². The van der Waals surface area contributed by atoms with E-state index < -0.39 is 0 Å². The largest absolute Gasteiger partial charge is 0.366 e. The van der Waals surface area contributed by atoms with Crippen LogP contribution in [0.15, 0.2) is 29.4 Å². The zero-order chi connectivity index (χ0) is 10.1. The van der Waals surface area contributed by atoms with E-state index >= 15 is 0 Å². The predicted octanol–water partition coefficient (Wildman–Crippen LogP) is 1.79. The van der Waals surface area contributed by atoms with Crippen LogP contribution in [-0.4, -0.2) is 14.8 Å². The van der Waals surface area contributed by atoms with Gasteiger partial charge >= 0.3 is 0 Å². The zero-order valence-electron chi connectivity index (χ0n) is 7.05. The molecule has 0 spiro atoms. The number of hydrogen-bond donors (Lipinski definition) is 2. The van der Waals surface area contributed by atoms with Crippen LogP contribution >= 0.6 is 24.2 Å². The van der Waals surface area contributed by atoms with Crippen molar-refractivity contribution in [2.75, 3.05) is 5.73 Å². The molecule has 0 amide bonds. The Morgan fingerprint density at radius 2 is 2.14 bits per heavy atom. The minimum atomic E-state index is 0.227. The number of nitrogens with two attached hydrogens (primary N) is 1. The first-order chi connectivity index (χ1) is 6.65. The Balaban J connectivity index is 2.51. The van der Waals surface area contributed by atoms with Gasteiger partial charge in [0.15, 0.2) is 0 Å². The molecule has 0 bridgehead atoms. The van der Waals surface area contributed by atoms with E-state index in [1.807, 2.05) is 6.07 Å². The first-order valence-electron chi connectivity index (χ1n) is 3.82. The van der Waals surface area contributed by atoms with E-state index in [1.165, 1.54) is 6.33 Å². The molecule has 1 heterocycles. The van der Waals surface area contributed by atoms with E-state index in [1.54, 1.807) is 16.8 Å². The molecule has 4 nitrogen and oxygen atoms in total. The number of nitrogens with zero attached hydrogens (tertiary/aromatic N) is 3. The van der Waals surface area contributed by atoms with Gasteiger partial charge in [-0.1, -0.05) is 11.6 Å². The first kappa shape index (κ1) is 9.36. The molecule has 0 unspecified atom stereocenters. The molecular formula is C8H7ClN4S. The smallest absolute Gasteiger partial charge is 0.239 e. The van der Waals surface area contributed by atoms with Gasteiger partial charge in [-0.25, -0.2) is 9.67 Å². The second-order valence-electron chi connectivity index (χ2n) is 2.71. The van der Waals surface area contributed by atoms with E-state index in [0.29, 0.717) is 5.02 Å². The highest BCUT2D eigenvalue weighted by Gasteiger charge is 2.01. The van der Waals surface area contributed by atoms with Gasteiger partial charge in [-0.05, 0) is 18.2 Å². The van der Waals surface area contributed by atoms with Gasteiger partial charge in [0.2, 0.25) is 5.95 Å². The Morgan fingerprint density at radius 1 is 1.36 bits per heavy atom. The van der Waals surface area contributed by atoms with Crippen LogP contribution in [0.1, 0.15) is 0 Å². The molecule has 0 saturated carbocycles. The maximum Gasteiger partial charge on any atom is 0.239 e. The molecule has 14 heavy (non-hydrogen) atoms. The molecule has 0 saturated heterocycles. The van der Waals surface area contributed by atoms with Crippen molar-refractivity contribution < 1.29 is 0 Å². The fourth-order valence-electron chi connectivity index (χ4n) is 1.09. The normalized spacial score (nSPS) is 10.4. The van der Waals surface area contributed by atoms with Crippen molar-refractivity contribution >= 4 is 30.2 Å². The Labute approximate surface area is 91.1 Å². The van der Waals surface area contributed by atoms with Gasteiger partial charge < -0.3 is 5.73 Å². The fourth-order valence-corrected chi connectivity index (χ4v) is 1.67. The molecule has 2 aromatic rings. The van der Waals surface area contributed by atoms with Crippen molar-refractivity contribution in [3.05, 3.63) is 29.5 Å². The van der Waals surface area contributed by atoms with E-state index in [-0.39, 0.29) is 5.95 Å². The van der Waals surface area contributed by atoms with Crippen LogP contribution in [0.3, 0.4) is 0 Å². The number of hydrogen-bond acceptors (Lipinski definition) is 4. The molecule has 0 radical (unpaired) electrons. The molecule has 0 fully saturated rings. The third-order valence-electron chi connectivity index (χ3n) is 1.64. The van der Waals surface area contributed by atoms with Crippen LogP contribution in [0.4, 0.5) is 5.95 Å². The van der Waals surface area contributed by atoms with Crippen molar-refractivity contribution in [3.8, 4) is 5.69 Å². The molecule has 72 valence electrons. The number of rotatable bonds is 1. The lowest BCUT2D eigenvalue weighted by Gasteiger charge is -2.01. The lowest BCUT2D eigenvalue weighted by Crippen LogP contribution is -1.96. The molecule has 0 aliphatic rings. The molecule has 0 atom stereocenters. The summed E-state index contributed by atoms with van der Waals surface area (Å²) in [5, 5.41) is 4.55. The summed E-state index contributed by atoms with van der Waals surface area (Å²) < 4.78 is 1.54. The van der Waals surface area contributed by atoms with Crippen LogP contribution < -0.4 is 5.73 Å². The highest BCUT2D eigenvalue weighted by Crippen LogP contribution is 2.19. The summed E-state index contributed by atoms with van der Waals surface area (Å²) in [5.41, 5.74) is 6.18. The number of aromatic nitrogens is 3. The van der Waals surface area contributed by atoms with Crippen molar-refractivity contribution in [1.82, 2.24) is 14.8 Å². The van der Waals surface area contributed by atoms with Crippen molar-refractivity contribution in [3.63, 3.8) is 0 Å². The summed E-state index contributed by atoms with van der Waals surface area (Å²) >= 11 is 10.1. The Kier molecular flexibility index (Phi) is 2.35. The quantitative estimate of drug-likeness (QED) is 0.729. The zero-order valence-corrected chi connectivity index (χ0v) is 8.70. The molecule has 2 N–H and O–H groups in total. The van der Waals surface area contributed by atoms with Gasteiger partial charge in [0.05, 0.1) is 5.69 Å². The second-order valence-corrected chi connectivity index (χ2v) is 3.67. The van der Waals surface area contributed by atoms with Crippen molar-refractivity contribution in [1.29, 1.82) is 0 Å². The summed E-state index contributed by atoms with van der Waals surface area (Å²) in [7, 11) is 0.